The molecule has 2 aromatic carbocycles. The smallest absolute Gasteiger partial charge is 0.208 e. The number of hydrogen-bond acceptors (Lipinski definition) is 7. The molecule has 0 unspecified atom stereocenters. The average molecular weight is 422 g/mol. The van der Waals surface area contributed by atoms with Gasteiger partial charge in [0.1, 0.15) is 5.75 Å². The molecule has 154 valence electrons. The average Bonchev–Trinajstić information content (AvgIpc) is 3.47. The molecule has 0 saturated heterocycles. The van der Waals surface area contributed by atoms with Crippen LogP contribution in [0.25, 0.3) is 22.8 Å². The van der Waals surface area contributed by atoms with Crippen LogP contribution in [0.4, 0.5) is 0 Å². The second-order valence-corrected chi connectivity index (χ2v) is 7.74. The predicted octanol–water partition coefficient (Wildman–Crippen LogP) is 4.10. The molecular formula is C21H23N7OS. The number of unbranched alkanes of at least 4 members (excludes halogenated alkanes) is 2. The first-order chi connectivity index (χ1) is 14.8. The van der Waals surface area contributed by atoms with Crippen molar-refractivity contribution in [3.63, 3.8) is 0 Å². The van der Waals surface area contributed by atoms with Gasteiger partial charge in [-0.1, -0.05) is 48.5 Å². The number of ether oxygens (including phenoxy) is 1. The van der Waals surface area contributed by atoms with E-state index in [4.69, 9.17) is 4.74 Å². The van der Waals surface area contributed by atoms with Gasteiger partial charge in [-0.15, -0.1) is 15.3 Å². The number of aromatic nitrogens is 7. The van der Waals surface area contributed by atoms with Crippen LogP contribution in [0.5, 0.6) is 5.75 Å². The zero-order valence-electron chi connectivity index (χ0n) is 16.7. The topological polar surface area (TPSA) is 94.4 Å². The number of benzene rings is 2. The summed E-state index contributed by atoms with van der Waals surface area (Å²) in [5.74, 6) is 3.24. The van der Waals surface area contributed by atoms with Gasteiger partial charge in [-0.2, -0.15) is 4.80 Å². The molecule has 0 saturated carbocycles. The number of nitrogens with zero attached hydrogens (tertiary/aromatic N) is 6. The number of hydrogen-bond donors (Lipinski definition) is 1. The molecule has 1 N–H and O–H groups in total. The number of methoxy groups -OCH3 is 1. The van der Waals surface area contributed by atoms with Crippen molar-refractivity contribution in [2.24, 2.45) is 0 Å². The molecule has 4 aromatic rings. The number of aromatic amines is 1. The third-order valence-corrected chi connectivity index (χ3v) is 5.48. The summed E-state index contributed by atoms with van der Waals surface area (Å²) < 4.78 is 5.18. The normalized spacial score (nSPS) is 11.0. The largest absolute Gasteiger partial charge is 0.497 e. The van der Waals surface area contributed by atoms with E-state index in [1.165, 1.54) is 0 Å². The van der Waals surface area contributed by atoms with Crippen molar-refractivity contribution >= 4 is 11.8 Å². The van der Waals surface area contributed by atoms with Crippen molar-refractivity contribution in [3.8, 4) is 28.5 Å². The van der Waals surface area contributed by atoms with Crippen molar-refractivity contribution in [2.45, 2.75) is 31.0 Å². The van der Waals surface area contributed by atoms with Crippen LogP contribution in [0.1, 0.15) is 19.3 Å². The van der Waals surface area contributed by atoms with Crippen molar-refractivity contribution in [3.05, 3.63) is 54.6 Å². The van der Waals surface area contributed by atoms with E-state index in [1.807, 2.05) is 54.6 Å². The van der Waals surface area contributed by atoms with Gasteiger partial charge in [-0.05, 0) is 42.3 Å². The zero-order chi connectivity index (χ0) is 20.6. The summed E-state index contributed by atoms with van der Waals surface area (Å²) in [5, 5.41) is 20.8. The van der Waals surface area contributed by atoms with Gasteiger partial charge in [-0.3, -0.25) is 5.10 Å². The lowest BCUT2D eigenvalue weighted by Gasteiger charge is -2.00. The minimum absolute atomic E-state index is 0.670. The molecule has 4 rings (SSSR count). The fourth-order valence-electron chi connectivity index (χ4n) is 2.93. The van der Waals surface area contributed by atoms with Crippen molar-refractivity contribution in [1.29, 1.82) is 0 Å². The van der Waals surface area contributed by atoms with Crippen LogP contribution >= 0.6 is 11.8 Å². The summed E-state index contributed by atoms with van der Waals surface area (Å²) in [5.41, 5.74) is 1.98. The van der Waals surface area contributed by atoms with E-state index < -0.39 is 0 Å². The van der Waals surface area contributed by atoms with Crippen molar-refractivity contribution in [1.82, 2.24) is 35.4 Å². The molecule has 0 fully saturated rings. The lowest BCUT2D eigenvalue weighted by atomic mass is 10.2. The van der Waals surface area contributed by atoms with Crippen LogP contribution in [0.2, 0.25) is 0 Å². The van der Waals surface area contributed by atoms with Gasteiger partial charge in [0, 0.05) is 16.9 Å². The standard InChI is InChI=1S/C21H23N7OS/c1-29-18-12-10-17(11-13-18)19-22-21(25-23-19)30-15-7-3-6-14-28-26-20(24-27-28)16-8-4-2-5-9-16/h2,4-5,8-13H,3,6-7,14-15H2,1H3,(H,22,23,25). The molecule has 0 spiro atoms. The number of aryl methyl sites for hydroxylation is 1. The van der Waals surface area contributed by atoms with Crippen LogP contribution in [-0.2, 0) is 6.54 Å². The summed E-state index contributed by atoms with van der Waals surface area (Å²) in [6, 6.07) is 17.7. The number of rotatable bonds is 10. The molecule has 0 radical (unpaired) electrons. The van der Waals surface area contributed by atoms with Gasteiger partial charge >= 0.3 is 0 Å². The van der Waals surface area contributed by atoms with E-state index in [-0.39, 0.29) is 0 Å². The van der Waals surface area contributed by atoms with Crippen LogP contribution < -0.4 is 4.74 Å². The summed E-state index contributed by atoms with van der Waals surface area (Å²) in [4.78, 5) is 6.23. The fourth-order valence-corrected chi connectivity index (χ4v) is 3.72. The van der Waals surface area contributed by atoms with Crippen LogP contribution in [0.3, 0.4) is 0 Å². The van der Waals surface area contributed by atoms with Gasteiger partial charge in [0.25, 0.3) is 0 Å². The highest BCUT2D eigenvalue weighted by atomic mass is 32.2. The monoisotopic (exact) mass is 421 g/mol. The van der Waals surface area contributed by atoms with Crippen molar-refractivity contribution in [2.75, 3.05) is 12.9 Å². The van der Waals surface area contributed by atoms with E-state index in [0.717, 1.165) is 59.4 Å². The van der Waals surface area contributed by atoms with E-state index in [2.05, 4.69) is 30.6 Å². The van der Waals surface area contributed by atoms with Gasteiger partial charge in [-0.25, -0.2) is 4.98 Å². The Morgan fingerprint density at radius 3 is 2.60 bits per heavy atom. The predicted molar refractivity (Wildman–Crippen MR) is 116 cm³/mol. The lowest BCUT2D eigenvalue weighted by molar-refractivity contribution is 0.415. The Bertz CT molecular complexity index is 1050. The summed E-state index contributed by atoms with van der Waals surface area (Å²) in [6.45, 7) is 0.771. The molecule has 0 aliphatic heterocycles. The second-order valence-electron chi connectivity index (χ2n) is 6.68. The Morgan fingerprint density at radius 1 is 0.967 bits per heavy atom. The zero-order valence-corrected chi connectivity index (χ0v) is 17.5. The van der Waals surface area contributed by atoms with E-state index in [0.29, 0.717) is 5.82 Å². The van der Waals surface area contributed by atoms with E-state index in [9.17, 15) is 0 Å². The van der Waals surface area contributed by atoms with Gasteiger partial charge in [0.15, 0.2) is 5.82 Å². The minimum atomic E-state index is 0.670. The number of thioether (sulfide) groups is 1. The number of tetrazole rings is 1. The second kappa shape index (κ2) is 10.0. The summed E-state index contributed by atoms with van der Waals surface area (Å²) in [6.07, 6.45) is 3.18. The van der Waals surface area contributed by atoms with Crippen molar-refractivity contribution < 1.29 is 4.74 Å². The number of H-pyrrole nitrogens is 1. The minimum Gasteiger partial charge on any atom is -0.497 e. The van der Waals surface area contributed by atoms with Gasteiger partial charge in [0.05, 0.1) is 13.7 Å². The molecule has 2 heterocycles. The Labute approximate surface area is 179 Å². The van der Waals surface area contributed by atoms with Crippen LogP contribution in [0.15, 0.2) is 59.8 Å². The quantitative estimate of drug-likeness (QED) is 0.304. The maximum absolute atomic E-state index is 5.18. The first-order valence-electron chi connectivity index (χ1n) is 9.85. The maximum atomic E-state index is 5.18. The highest BCUT2D eigenvalue weighted by Crippen LogP contribution is 2.22. The highest BCUT2D eigenvalue weighted by molar-refractivity contribution is 7.99. The molecule has 0 bridgehead atoms. The van der Waals surface area contributed by atoms with Gasteiger partial charge < -0.3 is 4.74 Å². The van der Waals surface area contributed by atoms with E-state index >= 15 is 0 Å². The molecule has 0 aliphatic rings. The molecule has 9 heteroatoms. The fraction of sp³-hybridized carbons (Fsp3) is 0.286. The molecule has 0 atom stereocenters. The van der Waals surface area contributed by atoms with Crippen LogP contribution in [-0.4, -0.2) is 48.3 Å². The third-order valence-electron chi connectivity index (χ3n) is 4.55. The van der Waals surface area contributed by atoms with Gasteiger partial charge in [0.2, 0.25) is 11.0 Å². The molecule has 2 aromatic heterocycles. The Hall–Kier alpha value is -3.20. The lowest BCUT2D eigenvalue weighted by Crippen LogP contribution is -2.02. The molecule has 0 amide bonds. The SMILES string of the molecule is COc1ccc(-c2nc(SCCCCCn3nnc(-c4ccccc4)n3)n[nH]2)cc1. The van der Waals surface area contributed by atoms with Crippen LogP contribution in [0, 0.1) is 0 Å². The molecule has 30 heavy (non-hydrogen) atoms. The Kier molecular flexibility index (Phi) is 6.71. The molecule has 0 aliphatic carbocycles. The highest BCUT2D eigenvalue weighted by Gasteiger charge is 2.07. The maximum Gasteiger partial charge on any atom is 0.208 e. The molecule has 8 nitrogen and oxygen atoms in total. The molecular weight excluding hydrogens is 398 g/mol. The van der Waals surface area contributed by atoms with E-state index in [1.54, 1.807) is 23.7 Å². The Morgan fingerprint density at radius 2 is 1.80 bits per heavy atom. The third kappa shape index (κ3) is 5.24. The summed E-state index contributed by atoms with van der Waals surface area (Å²) in [7, 11) is 1.66. The Balaban J connectivity index is 1.16. The summed E-state index contributed by atoms with van der Waals surface area (Å²) >= 11 is 1.66. The first-order valence-corrected chi connectivity index (χ1v) is 10.8. The first kappa shape index (κ1) is 20.1. The number of nitrogens with one attached hydrogen (secondary N) is 1.